The van der Waals surface area contributed by atoms with Gasteiger partial charge in [-0.15, -0.1) is 0 Å². The first-order chi connectivity index (χ1) is 16.7. The molecule has 4 nitrogen and oxygen atoms in total. The van der Waals surface area contributed by atoms with Crippen LogP contribution in [0.4, 0.5) is 0 Å². The van der Waals surface area contributed by atoms with E-state index in [-0.39, 0.29) is 40.8 Å². The minimum Gasteiger partial charge on any atom is -0.458 e. The Morgan fingerprint density at radius 1 is 1.03 bits per heavy atom. The van der Waals surface area contributed by atoms with Gasteiger partial charge in [0, 0.05) is 18.9 Å². The smallest absolute Gasteiger partial charge is 0.303 e. The lowest BCUT2D eigenvalue weighted by atomic mass is 9.47. The molecule has 8 atom stereocenters. The molecule has 4 aliphatic carbocycles. The highest BCUT2D eigenvalue weighted by Crippen LogP contribution is 2.66. The highest BCUT2D eigenvalue weighted by atomic mass is 16.5. The van der Waals surface area contributed by atoms with E-state index in [0.29, 0.717) is 17.8 Å². The van der Waals surface area contributed by atoms with Crippen LogP contribution >= 0.6 is 0 Å². The van der Waals surface area contributed by atoms with Crippen molar-refractivity contribution in [2.24, 2.45) is 34.5 Å². The molecular weight excluding hydrogens is 434 g/mol. The van der Waals surface area contributed by atoms with Crippen LogP contribution in [0.3, 0.4) is 0 Å². The minimum atomic E-state index is -0.175. The first-order valence-electron chi connectivity index (χ1n) is 13.9. The second kappa shape index (κ2) is 9.41. The molecule has 4 aliphatic rings. The van der Waals surface area contributed by atoms with Crippen molar-refractivity contribution in [2.75, 3.05) is 0 Å². The van der Waals surface area contributed by atoms with Crippen molar-refractivity contribution < 1.29 is 14.3 Å². The molecule has 0 bridgehead atoms. The van der Waals surface area contributed by atoms with Crippen molar-refractivity contribution in [3.05, 3.63) is 47.5 Å². The number of fused-ring (bicyclic) bond motifs is 5. The summed E-state index contributed by atoms with van der Waals surface area (Å²) in [7, 11) is 0. The lowest BCUT2D eigenvalue weighted by Gasteiger charge is -2.58. The van der Waals surface area contributed by atoms with Crippen molar-refractivity contribution in [3.8, 4) is 0 Å². The highest BCUT2D eigenvalue weighted by Gasteiger charge is 2.60. The summed E-state index contributed by atoms with van der Waals surface area (Å²) in [4.78, 5) is 25.0. The maximum absolute atomic E-state index is 13.5. The third kappa shape index (κ3) is 4.47. The number of amides is 1. The summed E-state index contributed by atoms with van der Waals surface area (Å²) in [5.74, 6) is 2.29. The molecule has 1 N–H and O–H groups in total. The SMILES string of the molecule is CC(=O)O[C@@H]1C=C2CC[C@H]3[C@@H]4CC[C@H](C(=O)N[C@H](C)Cc5ccccc5)[C@@]4(C)CC[C@@H]3[C@@]2(C)CC1. The van der Waals surface area contributed by atoms with E-state index in [2.05, 4.69) is 56.4 Å². The van der Waals surface area contributed by atoms with Gasteiger partial charge in [0.05, 0.1) is 0 Å². The first kappa shape index (κ1) is 24.6. The van der Waals surface area contributed by atoms with Gasteiger partial charge in [0.2, 0.25) is 5.91 Å². The van der Waals surface area contributed by atoms with Gasteiger partial charge >= 0.3 is 5.97 Å². The van der Waals surface area contributed by atoms with E-state index in [9.17, 15) is 9.59 Å². The number of nitrogens with one attached hydrogen (secondary N) is 1. The summed E-state index contributed by atoms with van der Waals surface area (Å²) in [5, 5.41) is 3.38. The zero-order chi connectivity index (χ0) is 24.8. The molecule has 1 aromatic carbocycles. The number of esters is 1. The summed E-state index contributed by atoms with van der Waals surface area (Å²) < 4.78 is 5.56. The van der Waals surface area contributed by atoms with Crippen molar-refractivity contribution in [3.63, 3.8) is 0 Å². The fourth-order valence-electron chi connectivity index (χ4n) is 8.80. The summed E-state index contributed by atoms with van der Waals surface area (Å²) >= 11 is 0. The van der Waals surface area contributed by atoms with E-state index in [0.717, 1.165) is 38.5 Å². The molecule has 0 heterocycles. The Bertz CT molecular complexity index is 986. The van der Waals surface area contributed by atoms with Crippen molar-refractivity contribution >= 4 is 11.9 Å². The molecule has 1 amide bonds. The van der Waals surface area contributed by atoms with Crippen molar-refractivity contribution in [1.82, 2.24) is 5.32 Å². The van der Waals surface area contributed by atoms with Gasteiger partial charge in [-0.1, -0.05) is 49.8 Å². The summed E-state index contributed by atoms with van der Waals surface area (Å²) in [5.41, 5.74) is 3.15. The van der Waals surface area contributed by atoms with E-state index in [1.54, 1.807) is 0 Å². The Labute approximate surface area is 211 Å². The number of carbonyl (C=O) groups excluding carboxylic acids is 2. The number of ether oxygens (including phenoxy) is 1. The van der Waals surface area contributed by atoms with Crippen LogP contribution in [-0.4, -0.2) is 24.0 Å². The fourth-order valence-corrected chi connectivity index (χ4v) is 8.80. The molecule has 3 fully saturated rings. The Hall–Kier alpha value is -2.10. The Balaban J connectivity index is 1.27. The van der Waals surface area contributed by atoms with Gasteiger partial charge in [0.25, 0.3) is 0 Å². The molecule has 0 radical (unpaired) electrons. The number of benzene rings is 1. The van der Waals surface area contributed by atoms with Gasteiger partial charge in [-0.3, -0.25) is 9.59 Å². The quantitative estimate of drug-likeness (QED) is 0.403. The Kier molecular flexibility index (Phi) is 6.61. The van der Waals surface area contributed by atoms with E-state index < -0.39 is 0 Å². The Morgan fingerprint density at radius 3 is 2.54 bits per heavy atom. The third-order valence-electron chi connectivity index (χ3n) is 10.5. The molecule has 35 heavy (non-hydrogen) atoms. The van der Waals surface area contributed by atoms with Gasteiger partial charge in [0.1, 0.15) is 6.10 Å². The maximum atomic E-state index is 13.5. The molecule has 1 aromatic rings. The van der Waals surface area contributed by atoms with Gasteiger partial charge in [0.15, 0.2) is 0 Å². The maximum Gasteiger partial charge on any atom is 0.303 e. The monoisotopic (exact) mass is 477 g/mol. The van der Waals surface area contributed by atoms with E-state index >= 15 is 0 Å². The predicted octanol–water partition coefficient (Wildman–Crippen LogP) is 6.24. The molecule has 4 heteroatoms. The Morgan fingerprint density at radius 2 is 1.80 bits per heavy atom. The number of hydrogen-bond acceptors (Lipinski definition) is 3. The zero-order valence-corrected chi connectivity index (χ0v) is 22.0. The molecule has 0 spiro atoms. The van der Waals surface area contributed by atoms with Crippen molar-refractivity contribution in [1.29, 1.82) is 0 Å². The summed E-state index contributed by atoms with van der Waals surface area (Å²) in [6, 6.07) is 10.6. The van der Waals surface area contributed by atoms with Gasteiger partial charge in [-0.2, -0.15) is 0 Å². The van der Waals surface area contributed by atoms with Gasteiger partial charge in [-0.25, -0.2) is 0 Å². The zero-order valence-electron chi connectivity index (χ0n) is 22.0. The van der Waals surface area contributed by atoms with Crippen LogP contribution in [0.2, 0.25) is 0 Å². The molecule has 0 aromatic heterocycles. The molecule has 0 aliphatic heterocycles. The van der Waals surface area contributed by atoms with Crippen LogP contribution in [0, 0.1) is 34.5 Å². The second-order valence-electron chi connectivity index (χ2n) is 12.5. The van der Waals surface area contributed by atoms with Crippen LogP contribution in [-0.2, 0) is 20.7 Å². The number of carbonyl (C=O) groups is 2. The van der Waals surface area contributed by atoms with E-state index in [4.69, 9.17) is 4.74 Å². The average molecular weight is 478 g/mol. The predicted molar refractivity (Wildman–Crippen MR) is 138 cm³/mol. The molecule has 5 rings (SSSR count). The molecular formula is C31H43NO3. The topological polar surface area (TPSA) is 55.4 Å². The normalized spacial score (nSPS) is 38.9. The number of rotatable bonds is 5. The van der Waals surface area contributed by atoms with Gasteiger partial charge in [-0.05, 0) is 105 Å². The minimum absolute atomic E-state index is 0.0431. The van der Waals surface area contributed by atoms with Crippen LogP contribution < -0.4 is 5.32 Å². The molecule has 0 unspecified atom stereocenters. The highest BCUT2D eigenvalue weighted by molar-refractivity contribution is 5.80. The summed E-state index contributed by atoms with van der Waals surface area (Å²) in [6.07, 6.45) is 12.1. The lowest BCUT2D eigenvalue weighted by molar-refractivity contribution is -0.146. The van der Waals surface area contributed by atoms with E-state index in [1.807, 2.05) is 6.07 Å². The molecule has 0 saturated heterocycles. The van der Waals surface area contributed by atoms with Crippen molar-refractivity contribution in [2.45, 2.75) is 97.6 Å². The van der Waals surface area contributed by atoms with Crippen LogP contribution in [0.5, 0.6) is 0 Å². The van der Waals surface area contributed by atoms with E-state index in [1.165, 1.54) is 37.3 Å². The standard InChI is InChI=1S/C31H43NO3/c1-20(18-22-8-6-5-7-9-22)32-29(34)28-13-12-26-25-11-10-23-19-24(35-21(2)33)14-16-30(23,3)27(25)15-17-31(26,28)4/h5-9,19-20,24-28H,10-18H2,1-4H3,(H,32,34)/t20-,24+,25+,26+,27+,28-,30+,31+/m1/s1. The number of allylic oxidation sites excluding steroid dienone is 1. The van der Waals surface area contributed by atoms with Crippen LogP contribution in [0.25, 0.3) is 0 Å². The van der Waals surface area contributed by atoms with Gasteiger partial charge < -0.3 is 10.1 Å². The number of hydrogen-bond donors (Lipinski definition) is 1. The molecule has 3 saturated carbocycles. The van der Waals surface area contributed by atoms with Crippen LogP contribution in [0.1, 0.15) is 84.6 Å². The lowest BCUT2D eigenvalue weighted by Crippen LogP contribution is -2.52. The third-order valence-corrected chi connectivity index (χ3v) is 10.5. The second-order valence-corrected chi connectivity index (χ2v) is 12.5. The molecule has 190 valence electrons. The average Bonchev–Trinajstić information content (AvgIpc) is 3.17. The summed E-state index contributed by atoms with van der Waals surface area (Å²) in [6.45, 7) is 8.56. The fraction of sp³-hybridized carbons (Fsp3) is 0.677. The van der Waals surface area contributed by atoms with Crippen LogP contribution in [0.15, 0.2) is 42.0 Å². The largest absolute Gasteiger partial charge is 0.458 e. The first-order valence-corrected chi connectivity index (χ1v) is 13.9.